The van der Waals surface area contributed by atoms with Crippen molar-refractivity contribution >= 4 is 21.8 Å². The number of benzene rings is 1. The molecule has 0 fully saturated rings. The number of hydrogen-bond acceptors (Lipinski definition) is 4. The van der Waals surface area contributed by atoms with E-state index in [1.54, 1.807) is 6.92 Å². The molecule has 1 N–H and O–H groups in total. The van der Waals surface area contributed by atoms with Crippen molar-refractivity contribution in [2.24, 2.45) is 5.92 Å². The lowest BCUT2D eigenvalue weighted by atomic mass is 9.90. The molecular weight excluding hydrogens is 394 g/mol. The van der Waals surface area contributed by atoms with Crippen LogP contribution in [0.25, 0.3) is 11.3 Å². The SMILES string of the molecule is CC(C)[C@@](C)(C#N)NC(=O)CN(C)Cc1ccc(-c2ccc(Br)cc2)o1. The van der Waals surface area contributed by atoms with Gasteiger partial charge in [0.15, 0.2) is 0 Å². The quantitative estimate of drug-likeness (QED) is 0.732. The zero-order valence-corrected chi connectivity index (χ0v) is 17.1. The maximum absolute atomic E-state index is 12.2. The molecule has 2 rings (SSSR count). The Balaban J connectivity index is 1.94. The number of carbonyl (C=O) groups is 1. The Bertz CT molecular complexity index is 792. The first-order valence-corrected chi connectivity index (χ1v) is 9.28. The van der Waals surface area contributed by atoms with Gasteiger partial charge in [-0.2, -0.15) is 5.26 Å². The first-order chi connectivity index (χ1) is 12.2. The van der Waals surface area contributed by atoms with Gasteiger partial charge in [0.2, 0.25) is 5.91 Å². The number of nitrogens with zero attached hydrogens (tertiary/aromatic N) is 2. The number of amides is 1. The molecule has 0 aliphatic carbocycles. The van der Waals surface area contributed by atoms with Crippen molar-refractivity contribution in [3.05, 3.63) is 46.6 Å². The van der Waals surface area contributed by atoms with Gasteiger partial charge in [-0.25, -0.2) is 0 Å². The molecule has 1 heterocycles. The molecule has 0 bridgehead atoms. The third-order valence-electron chi connectivity index (χ3n) is 4.42. The van der Waals surface area contributed by atoms with Gasteiger partial charge in [-0.05, 0) is 44.2 Å². The fourth-order valence-corrected chi connectivity index (χ4v) is 2.69. The molecule has 0 radical (unpaired) electrons. The number of nitriles is 1. The van der Waals surface area contributed by atoms with Crippen LogP contribution in [0.3, 0.4) is 0 Å². The van der Waals surface area contributed by atoms with Gasteiger partial charge in [0.1, 0.15) is 17.1 Å². The normalized spacial score (nSPS) is 13.5. The summed E-state index contributed by atoms with van der Waals surface area (Å²) in [6.07, 6.45) is 0. The minimum atomic E-state index is -0.864. The third kappa shape index (κ3) is 5.20. The van der Waals surface area contributed by atoms with Crippen LogP contribution in [0.5, 0.6) is 0 Å². The van der Waals surface area contributed by atoms with Gasteiger partial charge < -0.3 is 9.73 Å². The van der Waals surface area contributed by atoms with Crippen molar-refractivity contribution in [2.75, 3.05) is 13.6 Å². The minimum Gasteiger partial charge on any atom is -0.460 e. The van der Waals surface area contributed by atoms with Crippen LogP contribution in [0.15, 0.2) is 45.3 Å². The van der Waals surface area contributed by atoms with Crippen LogP contribution in [0.4, 0.5) is 0 Å². The molecule has 2 aromatic rings. The summed E-state index contributed by atoms with van der Waals surface area (Å²) in [6, 6.07) is 13.9. The summed E-state index contributed by atoms with van der Waals surface area (Å²) < 4.78 is 6.90. The molecule has 1 amide bonds. The van der Waals surface area contributed by atoms with E-state index in [0.29, 0.717) is 6.54 Å². The van der Waals surface area contributed by atoms with E-state index in [1.165, 1.54) is 0 Å². The Kier molecular flexibility index (Phi) is 6.63. The zero-order valence-electron chi connectivity index (χ0n) is 15.5. The number of hydrogen-bond donors (Lipinski definition) is 1. The maximum Gasteiger partial charge on any atom is 0.235 e. The van der Waals surface area contributed by atoms with E-state index in [4.69, 9.17) is 4.42 Å². The molecule has 0 unspecified atom stereocenters. The lowest BCUT2D eigenvalue weighted by Gasteiger charge is -2.28. The standard InChI is InChI=1S/C20H24BrN3O2/c1-14(2)20(3,13-22)23-19(25)12-24(4)11-17-9-10-18(26-17)15-5-7-16(21)8-6-15/h5-10,14H,11-12H2,1-4H3,(H,23,25)/t20-/m1/s1. The molecule has 0 saturated heterocycles. The summed E-state index contributed by atoms with van der Waals surface area (Å²) >= 11 is 3.42. The van der Waals surface area contributed by atoms with E-state index in [-0.39, 0.29) is 18.4 Å². The van der Waals surface area contributed by atoms with Gasteiger partial charge in [0, 0.05) is 10.0 Å². The van der Waals surface area contributed by atoms with Crippen molar-refractivity contribution in [2.45, 2.75) is 32.9 Å². The Morgan fingerprint density at radius 2 is 1.96 bits per heavy atom. The molecule has 0 aliphatic heterocycles. The van der Waals surface area contributed by atoms with Gasteiger partial charge in [-0.1, -0.05) is 41.9 Å². The zero-order chi connectivity index (χ0) is 19.3. The molecule has 1 aromatic carbocycles. The highest BCUT2D eigenvalue weighted by Gasteiger charge is 2.30. The molecule has 26 heavy (non-hydrogen) atoms. The number of carbonyl (C=O) groups excluding carboxylic acids is 1. The number of halogens is 1. The summed E-state index contributed by atoms with van der Waals surface area (Å²) in [7, 11) is 1.85. The predicted octanol–water partition coefficient (Wildman–Crippen LogP) is 4.20. The Labute approximate surface area is 163 Å². The van der Waals surface area contributed by atoms with E-state index < -0.39 is 5.54 Å². The molecule has 1 aromatic heterocycles. The highest BCUT2D eigenvalue weighted by Crippen LogP contribution is 2.24. The molecule has 0 aliphatic rings. The molecule has 6 heteroatoms. The van der Waals surface area contributed by atoms with Gasteiger partial charge in [-0.15, -0.1) is 0 Å². The second-order valence-electron chi connectivity index (χ2n) is 6.96. The minimum absolute atomic E-state index is 0.0281. The Morgan fingerprint density at radius 3 is 2.54 bits per heavy atom. The van der Waals surface area contributed by atoms with Crippen LogP contribution in [-0.4, -0.2) is 29.9 Å². The first kappa shape index (κ1) is 20.2. The highest BCUT2D eigenvalue weighted by atomic mass is 79.9. The summed E-state index contributed by atoms with van der Waals surface area (Å²) in [5.41, 5.74) is 0.138. The monoisotopic (exact) mass is 417 g/mol. The van der Waals surface area contributed by atoms with Crippen LogP contribution in [0.2, 0.25) is 0 Å². The molecule has 0 spiro atoms. The lowest BCUT2D eigenvalue weighted by Crippen LogP contribution is -2.51. The average molecular weight is 418 g/mol. The fraction of sp³-hybridized carbons (Fsp3) is 0.400. The number of furan rings is 1. The smallest absolute Gasteiger partial charge is 0.235 e. The molecule has 1 atom stereocenters. The second kappa shape index (κ2) is 8.52. The Morgan fingerprint density at radius 1 is 1.31 bits per heavy atom. The van der Waals surface area contributed by atoms with Gasteiger partial charge in [0.05, 0.1) is 19.2 Å². The number of likely N-dealkylation sites (N-methyl/N-ethyl adjacent to an activating group) is 1. The van der Waals surface area contributed by atoms with Crippen molar-refractivity contribution in [3.8, 4) is 17.4 Å². The number of nitrogens with one attached hydrogen (secondary N) is 1. The fourth-order valence-electron chi connectivity index (χ4n) is 2.43. The summed E-state index contributed by atoms with van der Waals surface area (Å²) in [4.78, 5) is 14.1. The molecule has 0 saturated carbocycles. The average Bonchev–Trinajstić information content (AvgIpc) is 3.03. The topological polar surface area (TPSA) is 69.3 Å². The molecule has 5 nitrogen and oxygen atoms in total. The lowest BCUT2D eigenvalue weighted by molar-refractivity contribution is -0.123. The van der Waals surface area contributed by atoms with E-state index in [2.05, 4.69) is 27.3 Å². The Hall–Kier alpha value is -2.10. The van der Waals surface area contributed by atoms with E-state index in [9.17, 15) is 10.1 Å². The van der Waals surface area contributed by atoms with Crippen LogP contribution in [0, 0.1) is 17.2 Å². The van der Waals surface area contributed by atoms with Crippen molar-refractivity contribution < 1.29 is 9.21 Å². The van der Waals surface area contributed by atoms with Crippen molar-refractivity contribution in [1.82, 2.24) is 10.2 Å². The van der Waals surface area contributed by atoms with Crippen LogP contribution in [-0.2, 0) is 11.3 Å². The number of rotatable bonds is 7. The first-order valence-electron chi connectivity index (χ1n) is 8.49. The van der Waals surface area contributed by atoms with Gasteiger partial charge >= 0.3 is 0 Å². The maximum atomic E-state index is 12.2. The van der Waals surface area contributed by atoms with E-state index in [0.717, 1.165) is 21.6 Å². The summed E-state index contributed by atoms with van der Waals surface area (Å²) in [5, 5.41) is 12.1. The second-order valence-corrected chi connectivity index (χ2v) is 7.88. The van der Waals surface area contributed by atoms with Crippen LogP contribution < -0.4 is 5.32 Å². The van der Waals surface area contributed by atoms with Crippen LogP contribution >= 0.6 is 15.9 Å². The predicted molar refractivity (Wildman–Crippen MR) is 105 cm³/mol. The van der Waals surface area contributed by atoms with Crippen LogP contribution in [0.1, 0.15) is 26.5 Å². The van der Waals surface area contributed by atoms with E-state index >= 15 is 0 Å². The van der Waals surface area contributed by atoms with Crippen molar-refractivity contribution in [3.63, 3.8) is 0 Å². The summed E-state index contributed by atoms with van der Waals surface area (Å²) in [6.45, 7) is 6.28. The third-order valence-corrected chi connectivity index (χ3v) is 4.94. The van der Waals surface area contributed by atoms with Gasteiger partial charge in [0.25, 0.3) is 0 Å². The van der Waals surface area contributed by atoms with Crippen molar-refractivity contribution in [1.29, 1.82) is 5.26 Å². The highest BCUT2D eigenvalue weighted by molar-refractivity contribution is 9.10. The largest absolute Gasteiger partial charge is 0.460 e. The molecule has 138 valence electrons. The van der Waals surface area contributed by atoms with Gasteiger partial charge in [-0.3, -0.25) is 9.69 Å². The summed E-state index contributed by atoms with van der Waals surface area (Å²) in [5.74, 6) is 1.43. The molecular formula is C20H24BrN3O2. The van der Waals surface area contributed by atoms with E-state index in [1.807, 2.05) is 62.2 Å².